The van der Waals surface area contributed by atoms with E-state index in [0.29, 0.717) is 28.3 Å². The number of aromatic amines is 1. The fourth-order valence-corrected chi connectivity index (χ4v) is 3.63. The highest BCUT2D eigenvalue weighted by Gasteiger charge is 2.22. The number of thioether (sulfide) groups is 1. The maximum absolute atomic E-state index is 14.2. The van der Waals surface area contributed by atoms with E-state index in [2.05, 4.69) is 32.0 Å². The van der Waals surface area contributed by atoms with Crippen LogP contribution in [-0.4, -0.2) is 31.5 Å². The molecule has 27 heavy (non-hydrogen) atoms. The molecule has 3 N–H and O–H groups in total. The van der Waals surface area contributed by atoms with Gasteiger partial charge in [0, 0.05) is 5.92 Å². The number of fused-ring (bicyclic) bond motifs is 1. The fourth-order valence-electron chi connectivity index (χ4n) is 2.86. The summed E-state index contributed by atoms with van der Waals surface area (Å²) in [5.74, 6) is 6.13. The van der Waals surface area contributed by atoms with Crippen molar-refractivity contribution in [3.63, 3.8) is 0 Å². The third-order valence-electron chi connectivity index (χ3n) is 4.56. The molecule has 3 aromatic rings. The molecule has 1 aromatic carbocycles. The molecule has 0 radical (unpaired) electrons. The van der Waals surface area contributed by atoms with Gasteiger partial charge >= 0.3 is 0 Å². The first-order chi connectivity index (χ1) is 13.2. The first-order valence-electron chi connectivity index (χ1n) is 8.54. The maximum atomic E-state index is 14.2. The van der Waals surface area contributed by atoms with Crippen LogP contribution in [-0.2, 0) is 0 Å². The summed E-state index contributed by atoms with van der Waals surface area (Å²) < 4.78 is 14.2. The minimum atomic E-state index is -0.399. The fraction of sp³-hybridized carbons (Fsp3) is 0.263. The van der Waals surface area contributed by atoms with Crippen LogP contribution in [0.15, 0.2) is 29.5 Å². The minimum absolute atomic E-state index is 0.267. The first kappa shape index (κ1) is 17.5. The quantitative estimate of drug-likeness (QED) is 0.402. The summed E-state index contributed by atoms with van der Waals surface area (Å²) in [6.45, 7) is 0. The third kappa shape index (κ3) is 3.51. The second-order valence-corrected chi connectivity index (χ2v) is 7.08. The van der Waals surface area contributed by atoms with Gasteiger partial charge in [-0.15, -0.1) is 11.8 Å². The standard InChI is InChI=1S/C19H17FN6S/c1-27-19(11-3-2-4-11)24-13-6-7-14(20)12(9-13)5-8-15-16-17(21)22-10-23-18(16)26-25-15/h6-7,9-11H,2-4H2,1H3,(H3,21,22,23,25,26). The van der Waals surface area contributed by atoms with Crippen LogP contribution in [0.3, 0.4) is 0 Å². The summed E-state index contributed by atoms with van der Waals surface area (Å²) in [5.41, 5.74) is 7.72. The van der Waals surface area contributed by atoms with Gasteiger partial charge in [0.15, 0.2) is 5.65 Å². The predicted octanol–water partition coefficient (Wildman–Crippen LogP) is 3.67. The number of benzene rings is 1. The van der Waals surface area contributed by atoms with Gasteiger partial charge in [0.2, 0.25) is 0 Å². The minimum Gasteiger partial charge on any atom is -0.383 e. The molecule has 0 amide bonds. The number of nitrogens with zero attached hydrogens (tertiary/aromatic N) is 4. The topological polar surface area (TPSA) is 92.8 Å². The largest absolute Gasteiger partial charge is 0.383 e. The number of nitrogen functional groups attached to an aromatic ring is 1. The van der Waals surface area contributed by atoms with Crippen LogP contribution in [0.25, 0.3) is 11.0 Å². The molecular formula is C19H17FN6S. The molecule has 1 aliphatic rings. The molecule has 1 saturated carbocycles. The summed E-state index contributed by atoms with van der Waals surface area (Å²) >= 11 is 1.65. The van der Waals surface area contributed by atoms with E-state index < -0.39 is 5.82 Å². The summed E-state index contributed by atoms with van der Waals surface area (Å²) in [7, 11) is 0. The monoisotopic (exact) mass is 380 g/mol. The molecule has 0 saturated heterocycles. The van der Waals surface area contributed by atoms with Crippen LogP contribution in [0.4, 0.5) is 15.9 Å². The van der Waals surface area contributed by atoms with Crippen LogP contribution in [0, 0.1) is 23.6 Å². The van der Waals surface area contributed by atoms with E-state index in [4.69, 9.17) is 10.7 Å². The highest BCUT2D eigenvalue weighted by atomic mass is 32.2. The van der Waals surface area contributed by atoms with Crippen molar-refractivity contribution in [2.75, 3.05) is 12.0 Å². The van der Waals surface area contributed by atoms with Gasteiger partial charge in [0.05, 0.1) is 21.7 Å². The number of halogens is 1. The highest BCUT2D eigenvalue weighted by Crippen LogP contribution is 2.33. The lowest BCUT2D eigenvalue weighted by molar-refractivity contribution is 0.418. The SMILES string of the molecule is CSC(=Nc1ccc(F)c(C#Cc2[nH]nc3ncnc(N)c23)c1)C1CCC1. The summed E-state index contributed by atoms with van der Waals surface area (Å²) in [5, 5.41) is 8.44. The molecular weight excluding hydrogens is 363 g/mol. The molecule has 0 spiro atoms. The van der Waals surface area contributed by atoms with Crippen molar-refractivity contribution >= 4 is 39.3 Å². The number of rotatable bonds is 2. The van der Waals surface area contributed by atoms with Crippen molar-refractivity contribution in [3.05, 3.63) is 41.6 Å². The Kier molecular flexibility index (Phi) is 4.77. The molecule has 2 heterocycles. The van der Waals surface area contributed by atoms with Crippen molar-refractivity contribution in [3.8, 4) is 11.8 Å². The zero-order valence-corrected chi connectivity index (χ0v) is 15.5. The Morgan fingerprint density at radius 3 is 2.93 bits per heavy atom. The Morgan fingerprint density at radius 2 is 2.19 bits per heavy atom. The number of aliphatic imine (C=N–C) groups is 1. The first-order valence-corrected chi connectivity index (χ1v) is 9.77. The molecule has 2 aromatic heterocycles. The number of H-pyrrole nitrogens is 1. The van der Waals surface area contributed by atoms with Gasteiger partial charge in [0.25, 0.3) is 0 Å². The number of anilines is 1. The van der Waals surface area contributed by atoms with Gasteiger partial charge in [-0.3, -0.25) is 5.10 Å². The van der Waals surface area contributed by atoms with Crippen LogP contribution < -0.4 is 5.73 Å². The Morgan fingerprint density at radius 1 is 1.33 bits per heavy atom. The molecule has 136 valence electrons. The molecule has 8 heteroatoms. The summed E-state index contributed by atoms with van der Waals surface area (Å²) in [6.07, 6.45) is 6.95. The van der Waals surface area contributed by atoms with Crippen molar-refractivity contribution < 1.29 is 4.39 Å². The van der Waals surface area contributed by atoms with E-state index >= 15 is 0 Å². The van der Waals surface area contributed by atoms with Crippen LogP contribution in [0.2, 0.25) is 0 Å². The predicted molar refractivity (Wildman–Crippen MR) is 106 cm³/mol. The van der Waals surface area contributed by atoms with Crippen molar-refractivity contribution in [1.29, 1.82) is 0 Å². The van der Waals surface area contributed by atoms with Gasteiger partial charge in [-0.25, -0.2) is 19.4 Å². The Balaban J connectivity index is 1.68. The van der Waals surface area contributed by atoms with Gasteiger partial charge < -0.3 is 5.73 Å². The van der Waals surface area contributed by atoms with Gasteiger partial charge in [0.1, 0.15) is 23.7 Å². The molecule has 0 atom stereocenters. The third-order valence-corrected chi connectivity index (χ3v) is 5.40. The van der Waals surface area contributed by atoms with Gasteiger partial charge in [-0.2, -0.15) is 5.10 Å². The molecule has 0 unspecified atom stereocenters. The van der Waals surface area contributed by atoms with E-state index in [-0.39, 0.29) is 11.4 Å². The molecule has 0 aliphatic heterocycles. The Hall–Kier alpha value is -2.92. The smallest absolute Gasteiger partial charge is 0.187 e. The van der Waals surface area contributed by atoms with Crippen LogP contribution >= 0.6 is 11.8 Å². The average Bonchev–Trinajstić information content (AvgIpc) is 3.04. The van der Waals surface area contributed by atoms with Crippen LogP contribution in [0.5, 0.6) is 0 Å². The lowest BCUT2D eigenvalue weighted by atomic mass is 9.86. The number of aromatic nitrogens is 4. The lowest BCUT2D eigenvalue weighted by Gasteiger charge is -2.25. The Bertz CT molecular complexity index is 1090. The lowest BCUT2D eigenvalue weighted by Crippen LogP contribution is -2.18. The molecule has 1 aliphatic carbocycles. The number of hydrogen-bond donors (Lipinski definition) is 2. The van der Waals surface area contributed by atoms with E-state index in [0.717, 1.165) is 5.04 Å². The molecule has 6 nitrogen and oxygen atoms in total. The summed E-state index contributed by atoms with van der Waals surface area (Å²) in [4.78, 5) is 12.7. The number of nitrogens with one attached hydrogen (secondary N) is 1. The summed E-state index contributed by atoms with van der Waals surface area (Å²) in [6, 6.07) is 4.73. The molecule has 0 bridgehead atoms. The van der Waals surface area contributed by atoms with Gasteiger partial charge in [-0.05, 0) is 43.2 Å². The van der Waals surface area contributed by atoms with E-state index in [1.165, 1.54) is 31.7 Å². The number of nitrogens with two attached hydrogens (primary N) is 1. The van der Waals surface area contributed by atoms with Crippen LogP contribution in [0.1, 0.15) is 30.5 Å². The Labute approximate surface area is 159 Å². The maximum Gasteiger partial charge on any atom is 0.187 e. The zero-order valence-electron chi connectivity index (χ0n) is 14.7. The van der Waals surface area contributed by atoms with Gasteiger partial charge in [-0.1, -0.05) is 12.3 Å². The van der Waals surface area contributed by atoms with Crippen molar-refractivity contribution in [2.45, 2.75) is 19.3 Å². The highest BCUT2D eigenvalue weighted by molar-refractivity contribution is 8.13. The molecule has 4 rings (SSSR count). The van der Waals surface area contributed by atoms with E-state index in [9.17, 15) is 4.39 Å². The molecule has 1 fully saturated rings. The number of hydrogen-bond acceptors (Lipinski definition) is 6. The second kappa shape index (κ2) is 7.37. The zero-order chi connectivity index (χ0) is 18.8. The van der Waals surface area contributed by atoms with Crippen molar-refractivity contribution in [1.82, 2.24) is 20.2 Å². The van der Waals surface area contributed by atoms with Crippen molar-refractivity contribution in [2.24, 2.45) is 10.9 Å². The average molecular weight is 380 g/mol. The second-order valence-electron chi connectivity index (χ2n) is 6.25. The normalized spacial score (nSPS) is 14.7. The van der Waals surface area contributed by atoms with E-state index in [1.807, 2.05) is 6.26 Å². The van der Waals surface area contributed by atoms with E-state index in [1.54, 1.807) is 23.9 Å².